The van der Waals surface area contributed by atoms with E-state index in [1.54, 1.807) is 17.6 Å². The van der Waals surface area contributed by atoms with Crippen LogP contribution in [0.5, 0.6) is 0 Å². The lowest BCUT2D eigenvalue weighted by Gasteiger charge is -2.16. The Morgan fingerprint density at radius 2 is 2.35 bits per heavy atom. The van der Waals surface area contributed by atoms with E-state index in [1.165, 1.54) is 10.4 Å². The van der Waals surface area contributed by atoms with E-state index < -0.39 is 0 Å². The average molecular weight is 314 g/mol. The zero-order valence-corrected chi connectivity index (χ0v) is 12.4. The zero-order valence-electron chi connectivity index (χ0n) is 10.00. The molecule has 0 radical (unpaired) electrons. The van der Waals surface area contributed by atoms with Gasteiger partial charge in [-0.2, -0.15) is 0 Å². The van der Waals surface area contributed by atoms with Crippen LogP contribution in [-0.4, -0.2) is 6.54 Å². The fraction of sp³-hybridized carbons (Fsp3) is 0.385. The molecule has 2 aromatic heterocycles. The second kappa shape index (κ2) is 5.85. The molecule has 0 saturated carbocycles. The van der Waals surface area contributed by atoms with E-state index in [4.69, 9.17) is 4.42 Å². The lowest BCUT2D eigenvalue weighted by Crippen LogP contribution is -2.22. The zero-order chi connectivity index (χ0) is 12.3. The molecule has 2 aromatic rings. The Labute approximate surface area is 114 Å². The van der Waals surface area contributed by atoms with Crippen molar-refractivity contribution in [2.45, 2.75) is 26.3 Å². The summed E-state index contributed by atoms with van der Waals surface area (Å²) in [6.07, 6.45) is 2.84. The highest BCUT2D eigenvalue weighted by Gasteiger charge is 2.18. The van der Waals surface area contributed by atoms with Gasteiger partial charge in [0.25, 0.3) is 0 Å². The number of furan rings is 1. The molecule has 1 atom stereocenters. The van der Waals surface area contributed by atoms with Gasteiger partial charge in [-0.3, -0.25) is 0 Å². The van der Waals surface area contributed by atoms with E-state index in [0.717, 1.165) is 23.2 Å². The van der Waals surface area contributed by atoms with Crippen molar-refractivity contribution in [3.63, 3.8) is 0 Å². The maximum absolute atomic E-state index is 5.33. The molecule has 0 saturated heterocycles. The third kappa shape index (κ3) is 3.00. The number of aryl methyl sites for hydroxylation is 1. The molecule has 0 bridgehead atoms. The molecule has 2 heterocycles. The molecular formula is C13H16BrNOS. The first-order valence-electron chi connectivity index (χ1n) is 5.73. The summed E-state index contributed by atoms with van der Waals surface area (Å²) in [5.41, 5.74) is 2.47. The fourth-order valence-electron chi connectivity index (χ4n) is 1.82. The summed E-state index contributed by atoms with van der Waals surface area (Å²) in [5.74, 6) is 0. The summed E-state index contributed by atoms with van der Waals surface area (Å²) < 4.78 is 6.15. The minimum atomic E-state index is 0.216. The van der Waals surface area contributed by atoms with Crippen molar-refractivity contribution in [3.05, 3.63) is 44.4 Å². The van der Waals surface area contributed by atoms with Gasteiger partial charge in [-0.25, -0.2) is 0 Å². The van der Waals surface area contributed by atoms with Crippen molar-refractivity contribution in [1.82, 2.24) is 5.32 Å². The van der Waals surface area contributed by atoms with Crippen molar-refractivity contribution >= 4 is 27.3 Å². The van der Waals surface area contributed by atoms with Crippen LogP contribution in [0.3, 0.4) is 0 Å². The van der Waals surface area contributed by atoms with Crippen molar-refractivity contribution in [2.24, 2.45) is 0 Å². The molecule has 0 fully saturated rings. The van der Waals surface area contributed by atoms with E-state index in [0.29, 0.717) is 0 Å². The fourth-order valence-corrected chi connectivity index (χ4v) is 3.02. The summed E-state index contributed by atoms with van der Waals surface area (Å²) in [7, 11) is 0. The van der Waals surface area contributed by atoms with Crippen molar-refractivity contribution < 1.29 is 4.42 Å². The van der Waals surface area contributed by atoms with Gasteiger partial charge in [0.15, 0.2) is 4.67 Å². The number of halogens is 1. The Kier molecular flexibility index (Phi) is 4.42. The summed E-state index contributed by atoms with van der Waals surface area (Å²) in [4.78, 5) is 1.34. The van der Waals surface area contributed by atoms with Gasteiger partial charge in [-0.15, -0.1) is 11.3 Å². The second-order valence-corrected chi connectivity index (χ2v) is 5.86. The van der Waals surface area contributed by atoms with Crippen molar-refractivity contribution in [2.75, 3.05) is 6.54 Å². The van der Waals surface area contributed by atoms with Crippen LogP contribution in [0.4, 0.5) is 0 Å². The molecule has 0 aliphatic carbocycles. The van der Waals surface area contributed by atoms with Crippen LogP contribution < -0.4 is 5.32 Å². The van der Waals surface area contributed by atoms with Gasteiger partial charge in [0.05, 0.1) is 12.3 Å². The lowest BCUT2D eigenvalue weighted by atomic mass is 10.0. The third-order valence-corrected chi connectivity index (χ3v) is 4.16. The van der Waals surface area contributed by atoms with Gasteiger partial charge in [0, 0.05) is 10.4 Å². The quantitative estimate of drug-likeness (QED) is 0.879. The van der Waals surface area contributed by atoms with E-state index in [-0.39, 0.29) is 6.04 Å². The van der Waals surface area contributed by atoms with Crippen molar-refractivity contribution in [1.29, 1.82) is 0 Å². The molecular weight excluding hydrogens is 298 g/mol. The minimum absolute atomic E-state index is 0.216. The third-order valence-electron chi connectivity index (χ3n) is 2.64. The van der Waals surface area contributed by atoms with Crippen LogP contribution in [0, 0.1) is 6.92 Å². The maximum atomic E-state index is 5.33. The van der Waals surface area contributed by atoms with E-state index in [2.05, 4.69) is 46.5 Å². The number of hydrogen-bond acceptors (Lipinski definition) is 3. The van der Waals surface area contributed by atoms with Crippen LogP contribution in [0.15, 0.2) is 32.9 Å². The summed E-state index contributed by atoms with van der Waals surface area (Å²) in [5, 5.41) is 5.77. The van der Waals surface area contributed by atoms with Gasteiger partial charge in [-0.1, -0.05) is 6.92 Å². The summed E-state index contributed by atoms with van der Waals surface area (Å²) >= 11 is 5.24. The van der Waals surface area contributed by atoms with Crippen molar-refractivity contribution in [3.8, 4) is 0 Å². The Bertz CT molecular complexity index is 477. The van der Waals surface area contributed by atoms with Gasteiger partial charge in [0.1, 0.15) is 0 Å². The summed E-state index contributed by atoms with van der Waals surface area (Å²) in [6, 6.07) is 4.47. The van der Waals surface area contributed by atoms with Crippen LogP contribution in [0.25, 0.3) is 0 Å². The first-order chi connectivity index (χ1) is 8.22. The number of rotatable bonds is 5. The summed E-state index contributed by atoms with van der Waals surface area (Å²) in [6.45, 7) is 5.31. The minimum Gasteiger partial charge on any atom is -0.457 e. The normalized spacial score (nSPS) is 12.9. The molecule has 2 rings (SSSR count). The van der Waals surface area contributed by atoms with Crippen LogP contribution in [-0.2, 0) is 0 Å². The Morgan fingerprint density at radius 3 is 2.88 bits per heavy atom. The predicted molar refractivity (Wildman–Crippen MR) is 75.6 cm³/mol. The molecule has 2 nitrogen and oxygen atoms in total. The molecule has 0 aliphatic rings. The molecule has 0 aliphatic heterocycles. The Balaban J connectivity index is 2.28. The second-order valence-electron chi connectivity index (χ2n) is 4.03. The molecule has 0 amide bonds. The standard InChI is InChI=1S/C13H16BrNOS/c1-3-5-15-12(10-7-9(2)17-8-10)11-4-6-16-13(11)14/h4,6-8,12,15H,3,5H2,1-2H3. The maximum Gasteiger partial charge on any atom is 0.174 e. The van der Waals surface area contributed by atoms with Crippen LogP contribution in [0.1, 0.15) is 35.4 Å². The number of hydrogen-bond donors (Lipinski definition) is 1. The van der Waals surface area contributed by atoms with Gasteiger partial charge < -0.3 is 9.73 Å². The highest BCUT2D eigenvalue weighted by Crippen LogP contribution is 2.31. The largest absolute Gasteiger partial charge is 0.457 e. The highest BCUT2D eigenvalue weighted by atomic mass is 79.9. The Hall–Kier alpha value is -0.580. The molecule has 92 valence electrons. The molecule has 0 aromatic carbocycles. The predicted octanol–water partition coefficient (Wildman–Crippen LogP) is 4.50. The van der Waals surface area contributed by atoms with Crippen LogP contribution >= 0.6 is 27.3 Å². The molecule has 17 heavy (non-hydrogen) atoms. The highest BCUT2D eigenvalue weighted by molar-refractivity contribution is 9.10. The first kappa shape index (κ1) is 12.9. The monoisotopic (exact) mass is 313 g/mol. The average Bonchev–Trinajstić information content (AvgIpc) is 2.90. The number of thiophene rings is 1. The van der Waals surface area contributed by atoms with Gasteiger partial charge in [0.2, 0.25) is 0 Å². The van der Waals surface area contributed by atoms with Crippen LogP contribution in [0.2, 0.25) is 0 Å². The molecule has 1 unspecified atom stereocenters. The van der Waals surface area contributed by atoms with Gasteiger partial charge >= 0.3 is 0 Å². The molecule has 1 N–H and O–H groups in total. The number of nitrogens with one attached hydrogen (secondary N) is 1. The smallest absolute Gasteiger partial charge is 0.174 e. The molecule has 0 spiro atoms. The van der Waals surface area contributed by atoms with E-state index in [9.17, 15) is 0 Å². The first-order valence-corrected chi connectivity index (χ1v) is 7.41. The lowest BCUT2D eigenvalue weighted by molar-refractivity contribution is 0.524. The molecule has 4 heteroatoms. The SMILES string of the molecule is CCCNC(c1csc(C)c1)c1ccoc1Br. The van der Waals surface area contributed by atoms with Gasteiger partial charge in [-0.05, 0) is 58.9 Å². The Morgan fingerprint density at radius 1 is 1.53 bits per heavy atom. The van der Waals surface area contributed by atoms with E-state index in [1.807, 2.05) is 6.07 Å². The topological polar surface area (TPSA) is 25.2 Å². The van der Waals surface area contributed by atoms with E-state index >= 15 is 0 Å².